The summed E-state index contributed by atoms with van der Waals surface area (Å²) in [6.07, 6.45) is 6.05. The fourth-order valence-corrected chi connectivity index (χ4v) is 2.93. The molecule has 0 spiro atoms. The van der Waals surface area contributed by atoms with Crippen LogP contribution in [0.1, 0.15) is 54.9 Å². The van der Waals surface area contributed by atoms with Crippen LogP contribution in [-0.4, -0.2) is 29.8 Å². The highest BCUT2D eigenvalue weighted by Gasteiger charge is 2.23. The number of nitrogens with zero attached hydrogens (tertiary/aromatic N) is 2. The number of nitriles is 1. The summed E-state index contributed by atoms with van der Waals surface area (Å²) in [5, 5.41) is 8.78. The average molecular weight is 270 g/mol. The van der Waals surface area contributed by atoms with E-state index >= 15 is 0 Å². The monoisotopic (exact) mass is 270 g/mol. The van der Waals surface area contributed by atoms with Crippen LogP contribution in [0.15, 0.2) is 24.3 Å². The van der Waals surface area contributed by atoms with E-state index in [9.17, 15) is 4.79 Å². The SMILES string of the molecule is CCCC1CCCCN1CC(=O)c1ccc(C#N)cc1. The van der Waals surface area contributed by atoms with Crippen LogP contribution in [0.4, 0.5) is 0 Å². The van der Waals surface area contributed by atoms with Gasteiger partial charge in [0.1, 0.15) is 0 Å². The molecule has 1 aromatic carbocycles. The van der Waals surface area contributed by atoms with Gasteiger partial charge in [-0.15, -0.1) is 0 Å². The summed E-state index contributed by atoms with van der Waals surface area (Å²) in [5.74, 6) is 0.164. The predicted molar refractivity (Wildman–Crippen MR) is 79.6 cm³/mol. The molecule has 0 amide bonds. The van der Waals surface area contributed by atoms with E-state index in [1.165, 1.54) is 32.1 Å². The largest absolute Gasteiger partial charge is 0.293 e. The minimum absolute atomic E-state index is 0.164. The number of likely N-dealkylation sites (tertiary alicyclic amines) is 1. The lowest BCUT2D eigenvalue weighted by Gasteiger charge is -2.35. The van der Waals surface area contributed by atoms with Crippen molar-refractivity contribution in [2.24, 2.45) is 0 Å². The lowest BCUT2D eigenvalue weighted by Crippen LogP contribution is -2.42. The van der Waals surface area contributed by atoms with Gasteiger partial charge in [0.15, 0.2) is 5.78 Å². The molecule has 2 rings (SSSR count). The maximum atomic E-state index is 12.3. The van der Waals surface area contributed by atoms with Gasteiger partial charge in [0.05, 0.1) is 18.2 Å². The van der Waals surface area contributed by atoms with Crippen molar-refractivity contribution in [1.82, 2.24) is 4.90 Å². The number of hydrogen-bond acceptors (Lipinski definition) is 3. The average Bonchev–Trinajstić information content (AvgIpc) is 2.49. The van der Waals surface area contributed by atoms with Gasteiger partial charge in [0.25, 0.3) is 0 Å². The Morgan fingerprint density at radius 2 is 2.10 bits per heavy atom. The minimum Gasteiger partial charge on any atom is -0.293 e. The van der Waals surface area contributed by atoms with E-state index in [1.54, 1.807) is 24.3 Å². The maximum absolute atomic E-state index is 12.3. The highest BCUT2D eigenvalue weighted by atomic mass is 16.1. The lowest BCUT2D eigenvalue weighted by atomic mass is 9.97. The topological polar surface area (TPSA) is 44.1 Å². The number of carbonyl (C=O) groups is 1. The molecule has 1 fully saturated rings. The molecule has 0 N–H and O–H groups in total. The Morgan fingerprint density at radius 1 is 1.35 bits per heavy atom. The quantitative estimate of drug-likeness (QED) is 0.770. The summed E-state index contributed by atoms with van der Waals surface area (Å²) >= 11 is 0. The number of piperidine rings is 1. The van der Waals surface area contributed by atoms with Crippen molar-refractivity contribution in [3.63, 3.8) is 0 Å². The van der Waals surface area contributed by atoms with Crippen LogP contribution in [0.25, 0.3) is 0 Å². The zero-order chi connectivity index (χ0) is 14.4. The second-order valence-electron chi connectivity index (χ2n) is 5.52. The number of carbonyl (C=O) groups excluding carboxylic acids is 1. The van der Waals surface area contributed by atoms with Gasteiger partial charge in [-0.25, -0.2) is 0 Å². The minimum atomic E-state index is 0.164. The normalized spacial score (nSPS) is 19.5. The Morgan fingerprint density at radius 3 is 2.75 bits per heavy atom. The first-order valence-electron chi connectivity index (χ1n) is 7.52. The predicted octanol–water partition coefficient (Wildman–Crippen LogP) is 3.40. The molecule has 106 valence electrons. The molecule has 1 aliphatic heterocycles. The van der Waals surface area contributed by atoms with E-state index in [2.05, 4.69) is 17.9 Å². The van der Waals surface area contributed by atoms with Crippen LogP contribution in [-0.2, 0) is 0 Å². The molecule has 3 nitrogen and oxygen atoms in total. The first kappa shape index (κ1) is 14.7. The van der Waals surface area contributed by atoms with Crippen molar-refractivity contribution in [3.05, 3.63) is 35.4 Å². The zero-order valence-corrected chi connectivity index (χ0v) is 12.1. The fourth-order valence-electron chi connectivity index (χ4n) is 2.93. The van der Waals surface area contributed by atoms with Crippen LogP contribution >= 0.6 is 0 Å². The van der Waals surface area contributed by atoms with Gasteiger partial charge in [-0.3, -0.25) is 9.69 Å². The van der Waals surface area contributed by atoms with Crippen molar-refractivity contribution >= 4 is 5.78 Å². The molecule has 0 aliphatic carbocycles. The van der Waals surface area contributed by atoms with Crippen LogP contribution in [0.3, 0.4) is 0 Å². The van der Waals surface area contributed by atoms with Gasteiger partial charge in [0, 0.05) is 11.6 Å². The van der Waals surface area contributed by atoms with Crippen LogP contribution in [0.2, 0.25) is 0 Å². The van der Waals surface area contributed by atoms with Gasteiger partial charge < -0.3 is 0 Å². The van der Waals surface area contributed by atoms with Gasteiger partial charge in [0.2, 0.25) is 0 Å². The number of rotatable bonds is 5. The fraction of sp³-hybridized carbons (Fsp3) is 0.529. The summed E-state index contributed by atoms with van der Waals surface area (Å²) in [5.41, 5.74) is 1.31. The first-order valence-corrected chi connectivity index (χ1v) is 7.52. The summed E-state index contributed by atoms with van der Waals surface area (Å²) < 4.78 is 0. The standard InChI is InChI=1S/C17H22N2O/c1-2-5-16-6-3-4-11-19(16)13-17(20)15-9-7-14(12-18)8-10-15/h7-10,16H,2-6,11,13H2,1H3. The van der Waals surface area contributed by atoms with Crippen LogP contribution in [0, 0.1) is 11.3 Å². The van der Waals surface area contributed by atoms with E-state index in [-0.39, 0.29) is 5.78 Å². The van der Waals surface area contributed by atoms with Gasteiger partial charge in [-0.05, 0) is 37.9 Å². The molecule has 0 bridgehead atoms. The van der Waals surface area contributed by atoms with Gasteiger partial charge in [-0.2, -0.15) is 5.26 Å². The second kappa shape index (κ2) is 7.21. The molecule has 1 atom stereocenters. The molecule has 1 aromatic rings. The van der Waals surface area contributed by atoms with Crippen LogP contribution in [0.5, 0.6) is 0 Å². The smallest absolute Gasteiger partial charge is 0.176 e. The van der Waals surface area contributed by atoms with Crippen molar-refractivity contribution in [3.8, 4) is 6.07 Å². The molecule has 1 aliphatic rings. The third kappa shape index (κ3) is 3.68. The first-order chi connectivity index (χ1) is 9.74. The summed E-state index contributed by atoms with van der Waals surface area (Å²) in [4.78, 5) is 14.7. The van der Waals surface area contributed by atoms with Crippen molar-refractivity contribution < 1.29 is 4.79 Å². The summed E-state index contributed by atoms with van der Waals surface area (Å²) in [7, 11) is 0. The Hall–Kier alpha value is -1.66. The van der Waals surface area contributed by atoms with E-state index < -0.39 is 0 Å². The van der Waals surface area contributed by atoms with E-state index in [4.69, 9.17) is 5.26 Å². The summed E-state index contributed by atoms with van der Waals surface area (Å²) in [6.45, 7) is 3.75. The Bertz CT molecular complexity index is 485. The maximum Gasteiger partial charge on any atom is 0.176 e. The van der Waals surface area contributed by atoms with E-state index in [0.29, 0.717) is 23.7 Å². The van der Waals surface area contributed by atoms with Crippen molar-refractivity contribution in [2.45, 2.75) is 45.1 Å². The Labute approximate surface area is 121 Å². The molecular weight excluding hydrogens is 248 g/mol. The van der Waals surface area contributed by atoms with Gasteiger partial charge in [-0.1, -0.05) is 31.9 Å². The Kier molecular flexibility index (Phi) is 5.31. The lowest BCUT2D eigenvalue weighted by molar-refractivity contribution is 0.0831. The number of ketones is 1. The second-order valence-corrected chi connectivity index (χ2v) is 5.52. The van der Waals surface area contributed by atoms with Crippen molar-refractivity contribution in [2.75, 3.05) is 13.1 Å². The van der Waals surface area contributed by atoms with Crippen molar-refractivity contribution in [1.29, 1.82) is 5.26 Å². The number of hydrogen-bond donors (Lipinski definition) is 0. The third-order valence-electron chi connectivity index (χ3n) is 4.05. The molecular formula is C17H22N2O. The molecule has 0 radical (unpaired) electrons. The summed E-state index contributed by atoms with van der Waals surface area (Å²) in [6, 6.07) is 9.60. The molecule has 0 aromatic heterocycles. The number of benzene rings is 1. The zero-order valence-electron chi connectivity index (χ0n) is 12.1. The molecule has 3 heteroatoms. The molecule has 1 saturated heterocycles. The van der Waals surface area contributed by atoms with Gasteiger partial charge >= 0.3 is 0 Å². The Balaban J connectivity index is 2.00. The van der Waals surface area contributed by atoms with E-state index in [0.717, 1.165) is 6.54 Å². The van der Waals surface area contributed by atoms with Crippen LogP contribution < -0.4 is 0 Å². The highest BCUT2D eigenvalue weighted by molar-refractivity contribution is 5.97. The third-order valence-corrected chi connectivity index (χ3v) is 4.05. The molecule has 1 unspecified atom stereocenters. The molecule has 1 heterocycles. The highest BCUT2D eigenvalue weighted by Crippen LogP contribution is 2.21. The number of Topliss-reactive ketones (excluding diaryl/α,β-unsaturated/α-hetero) is 1. The van der Waals surface area contributed by atoms with E-state index in [1.807, 2.05) is 0 Å². The molecule has 0 saturated carbocycles. The molecule has 20 heavy (non-hydrogen) atoms.